The minimum absolute atomic E-state index is 0.557. The molecule has 0 aliphatic heterocycles. The number of nitrogens with zero attached hydrogens (tertiary/aromatic N) is 1. The van der Waals surface area contributed by atoms with Gasteiger partial charge in [0.05, 0.1) is 11.3 Å². The van der Waals surface area contributed by atoms with Crippen molar-refractivity contribution in [1.29, 1.82) is 0 Å². The number of hydrogen-bond acceptors (Lipinski definition) is 3. The highest BCUT2D eigenvalue weighted by Gasteiger charge is 2.23. The van der Waals surface area contributed by atoms with Gasteiger partial charge in [-0.3, -0.25) is 4.98 Å². The van der Waals surface area contributed by atoms with Gasteiger partial charge in [-0.1, -0.05) is 32.8 Å². The molecule has 1 aromatic heterocycles. The van der Waals surface area contributed by atoms with Gasteiger partial charge in [0.25, 0.3) is 0 Å². The molecule has 3 heteroatoms. The Hall–Kier alpha value is -0.930. The summed E-state index contributed by atoms with van der Waals surface area (Å²) in [4.78, 5) is 4.25. The van der Waals surface area contributed by atoms with Gasteiger partial charge >= 0.3 is 0 Å². The van der Waals surface area contributed by atoms with E-state index in [1.807, 2.05) is 18.2 Å². The maximum absolute atomic E-state index is 10.4. The average molecular weight is 236 g/mol. The summed E-state index contributed by atoms with van der Waals surface area (Å²) in [6, 6.07) is 5.88. The van der Waals surface area contributed by atoms with Gasteiger partial charge in [0.15, 0.2) is 0 Å². The molecule has 17 heavy (non-hydrogen) atoms. The van der Waals surface area contributed by atoms with Crippen molar-refractivity contribution in [2.45, 2.75) is 51.7 Å². The van der Waals surface area contributed by atoms with Crippen molar-refractivity contribution in [3.63, 3.8) is 0 Å². The van der Waals surface area contributed by atoms with E-state index in [-0.39, 0.29) is 0 Å². The zero-order chi connectivity index (χ0) is 12.6. The summed E-state index contributed by atoms with van der Waals surface area (Å²) in [5.41, 5.74) is 0.459. The molecule has 0 fully saturated rings. The lowest BCUT2D eigenvalue weighted by Gasteiger charge is -2.27. The number of hydrogen-bond donors (Lipinski definition) is 2. The second kappa shape index (κ2) is 7.41. The number of rotatable bonds is 8. The van der Waals surface area contributed by atoms with E-state index < -0.39 is 5.60 Å². The topological polar surface area (TPSA) is 45.1 Å². The maximum Gasteiger partial charge on any atom is 0.0771 e. The summed E-state index contributed by atoms with van der Waals surface area (Å²) in [6.45, 7) is 5.58. The number of nitrogens with one attached hydrogen (secondary N) is 1. The van der Waals surface area contributed by atoms with Crippen molar-refractivity contribution in [2.75, 3.05) is 6.54 Å². The molecule has 0 spiro atoms. The largest absolute Gasteiger partial charge is 0.389 e. The molecule has 0 atom stereocenters. The van der Waals surface area contributed by atoms with Crippen LogP contribution >= 0.6 is 0 Å². The highest BCUT2D eigenvalue weighted by atomic mass is 16.3. The fraction of sp³-hybridized carbons (Fsp3) is 0.643. The van der Waals surface area contributed by atoms with Gasteiger partial charge in [-0.2, -0.15) is 0 Å². The van der Waals surface area contributed by atoms with Crippen LogP contribution in [0.2, 0.25) is 0 Å². The van der Waals surface area contributed by atoms with Crippen molar-refractivity contribution in [3.05, 3.63) is 30.1 Å². The van der Waals surface area contributed by atoms with Crippen LogP contribution in [0.25, 0.3) is 0 Å². The fourth-order valence-corrected chi connectivity index (χ4v) is 2.16. The first-order valence-corrected chi connectivity index (χ1v) is 6.53. The van der Waals surface area contributed by atoms with Gasteiger partial charge < -0.3 is 10.4 Å². The molecule has 0 amide bonds. The number of aliphatic hydroxyl groups is 1. The second-order valence-corrected chi connectivity index (χ2v) is 4.65. The van der Waals surface area contributed by atoms with Crippen molar-refractivity contribution in [3.8, 4) is 0 Å². The minimum atomic E-state index is -0.557. The fourth-order valence-electron chi connectivity index (χ4n) is 2.16. The Morgan fingerprint density at radius 2 is 1.94 bits per heavy atom. The summed E-state index contributed by atoms with van der Waals surface area (Å²) in [5, 5.41) is 13.7. The van der Waals surface area contributed by atoms with Crippen LogP contribution in [0.4, 0.5) is 0 Å². The maximum atomic E-state index is 10.4. The first kappa shape index (κ1) is 14.1. The molecule has 3 nitrogen and oxygen atoms in total. The highest BCUT2D eigenvalue weighted by Crippen LogP contribution is 2.18. The summed E-state index contributed by atoms with van der Waals surface area (Å²) in [7, 11) is 0. The molecule has 0 saturated heterocycles. The molecule has 0 saturated carbocycles. The predicted molar refractivity (Wildman–Crippen MR) is 70.7 cm³/mol. The van der Waals surface area contributed by atoms with Gasteiger partial charge in [0.2, 0.25) is 0 Å². The molecule has 1 aromatic rings. The van der Waals surface area contributed by atoms with E-state index in [1.165, 1.54) is 0 Å². The van der Waals surface area contributed by atoms with Crippen LogP contribution in [-0.4, -0.2) is 22.2 Å². The Balaban J connectivity index is 2.37. The van der Waals surface area contributed by atoms with Crippen LogP contribution in [0.5, 0.6) is 0 Å². The van der Waals surface area contributed by atoms with Crippen molar-refractivity contribution < 1.29 is 5.11 Å². The molecule has 0 aromatic carbocycles. The Kier molecular flexibility index (Phi) is 6.16. The van der Waals surface area contributed by atoms with Crippen molar-refractivity contribution in [2.24, 2.45) is 0 Å². The van der Waals surface area contributed by atoms with E-state index >= 15 is 0 Å². The summed E-state index contributed by atoms with van der Waals surface area (Å²) < 4.78 is 0. The van der Waals surface area contributed by atoms with Gasteiger partial charge in [-0.05, 0) is 25.0 Å². The third-order valence-corrected chi connectivity index (χ3v) is 2.92. The van der Waals surface area contributed by atoms with Gasteiger partial charge in [0, 0.05) is 19.3 Å². The lowest BCUT2D eigenvalue weighted by Crippen LogP contribution is -2.40. The Morgan fingerprint density at radius 1 is 1.24 bits per heavy atom. The first-order chi connectivity index (χ1) is 8.20. The van der Waals surface area contributed by atoms with Gasteiger partial charge in [-0.15, -0.1) is 0 Å². The monoisotopic (exact) mass is 236 g/mol. The zero-order valence-corrected chi connectivity index (χ0v) is 10.9. The van der Waals surface area contributed by atoms with E-state index in [9.17, 15) is 5.11 Å². The minimum Gasteiger partial charge on any atom is -0.389 e. The quantitative estimate of drug-likeness (QED) is 0.729. The van der Waals surface area contributed by atoms with E-state index in [0.717, 1.165) is 37.9 Å². The molecule has 0 radical (unpaired) electrons. The molecule has 0 bridgehead atoms. The molecule has 0 unspecified atom stereocenters. The molecule has 1 rings (SSSR count). The molecule has 2 N–H and O–H groups in total. The van der Waals surface area contributed by atoms with Crippen LogP contribution in [0, 0.1) is 0 Å². The Morgan fingerprint density at radius 3 is 2.47 bits per heavy atom. The normalized spacial score (nSPS) is 11.7. The van der Waals surface area contributed by atoms with Crippen LogP contribution in [0.3, 0.4) is 0 Å². The molecule has 0 aliphatic rings. The van der Waals surface area contributed by atoms with Crippen LogP contribution in [-0.2, 0) is 6.54 Å². The second-order valence-electron chi connectivity index (χ2n) is 4.65. The van der Waals surface area contributed by atoms with E-state index in [1.54, 1.807) is 6.20 Å². The zero-order valence-electron chi connectivity index (χ0n) is 10.9. The molecular formula is C14H24N2O. The third-order valence-electron chi connectivity index (χ3n) is 2.92. The lowest BCUT2D eigenvalue weighted by molar-refractivity contribution is 0.0214. The van der Waals surface area contributed by atoms with Crippen molar-refractivity contribution in [1.82, 2.24) is 10.3 Å². The van der Waals surface area contributed by atoms with E-state index in [4.69, 9.17) is 0 Å². The predicted octanol–water partition coefficient (Wildman–Crippen LogP) is 2.50. The number of aromatic nitrogens is 1. The molecule has 96 valence electrons. The van der Waals surface area contributed by atoms with Crippen LogP contribution < -0.4 is 5.32 Å². The van der Waals surface area contributed by atoms with E-state index in [0.29, 0.717) is 6.54 Å². The van der Waals surface area contributed by atoms with Crippen molar-refractivity contribution >= 4 is 0 Å². The highest BCUT2D eigenvalue weighted by molar-refractivity contribution is 5.03. The smallest absolute Gasteiger partial charge is 0.0771 e. The average Bonchev–Trinajstić information content (AvgIpc) is 2.31. The first-order valence-electron chi connectivity index (χ1n) is 6.53. The Bertz CT molecular complexity index is 294. The van der Waals surface area contributed by atoms with Gasteiger partial charge in [0.1, 0.15) is 0 Å². The van der Waals surface area contributed by atoms with E-state index in [2.05, 4.69) is 24.1 Å². The molecule has 1 heterocycles. The Labute approximate surface area is 104 Å². The number of pyridine rings is 1. The van der Waals surface area contributed by atoms with Crippen LogP contribution in [0.1, 0.15) is 45.2 Å². The summed E-state index contributed by atoms with van der Waals surface area (Å²) in [6.07, 6.45) is 5.54. The summed E-state index contributed by atoms with van der Waals surface area (Å²) >= 11 is 0. The van der Waals surface area contributed by atoms with Gasteiger partial charge in [-0.25, -0.2) is 0 Å². The molecule has 0 aliphatic carbocycles. The summed E-state index contributed by atoms with van der Waals surface area (Å²) in [5.74, 6) is 0. The lowest BCUT2D eigenvalue weighted by atomic mass is 9.92. The standard InChI is InChI=1S/C14H24N2O/c1-3-8-14(17,9-4-2)12-15-11-13-7-5-6-10-16-13/h5-7,10,15,17H,3-4,8-9,11-12H2,1-2H3. The van der Waals surface area contributed by atoms with Crippen LogP contribution in [0.15, 0.2) is 24.4 Å². The SMILES string of the molecule is CCCC(O)(CCC)CNCc1ccccn1. The molecular weight excluding hydrogens is 212 g/mol. The third kappa shape index (κ3) is 5.29.